The van der Waals surface area contributed by atoms with Gasteiger partial charge in [0.15, 0.2) is 0 Å². The van der Waals surface area contributed by atoms with Crippen molar-refractivity contribution in [2.24, 2.45) is 17.5 Å². The Morgan fingerprint density at radius 2 is 2.23 bits per heavy atom. The molecule has 0 radical (unpaired) electrons. The zero-order chi connectivity index (χ0) is 18.8. The van der Waals surface area contributed by atoms with Crippen LogP contribution in [0.5, 0.6) is 0 Å². The number of aldehydes is 1. The number of benzene rings is 1. The van der Waals surface area contributed by atoms with Gasteiger partial charge in [-0.1, -0.05) is 12.8 Å². The number of nitrogens with two attached hydrogens (primary N) is 2. The lowest BCUT2D eigenvalue weighted by atomic mass is 10.1. The monoisotopic (exact) mass is 377 g/mol. The Balaban J connectivity index is 1.95. The summed E-state index contributed by atoms with van der Waals surface area (Å²) in [5, 5.41) is 4.82. The van der Waals surface area contributed by atoms with E-state index in [-0.39, 0.29) is 11.3 Å². The van der Waals surface area contributed by atoms with Crippen LogP contribution in [0.1, 0.15) is 35.3 Å². The normalized spacial score (nSPS) is 14.7. The number of halogens is 1. The zero-order valence-corrected chi connectivity index (χ0v) is 15.1. The second-order valence-electron chi connectivity index (χ2n) is 6.46. The van der Waals surface area contributed by atoms with Gasteiger partial charge in [-0.05, 0) is 49.0 Å². The second-order valence-corrected chi connectivity index (χ2v) is 7.27. The number of carbonyl (C=O) groups is 2. The molecule has 1 aromatic heterocycles. The first-order valence-electron chi connectivity index (χ1n) is 8.22. The van der Waals surface area contributed by atoms with E-state index in [0.29, 0.717) is 23.0 Å². The molecule has 1 saturated carbocycles. The molecule has 3 rings (SSSR count). The molecule has 1 fully saturated rings. The smallest absolute Gasteiger partial charge is 0.250 e. The molecule has 0 unspecified atom stereocenters. The van der Waals surface area contributed by atoms with Crippen molar-refractivity contribution in [3.63, 3.8) is 0 Å². The van der Waals surface area contributed by atoms with Crippen molar-refractivity contribution in [3.05, 3.63) is 35.3 Å². The number of primary amides is 1. The van der Waals surface area contributed by atoms with Gasteiger partial charge < -0.3 is 15.8 Å². The van der Waals surface area contributed by atoms with Crippen molar-refractivity contribution in [3.8, 4) is 0 Å². The molecule has 1 atom stereocenters. The number of nitrogens with one attached hydrogen (secondary N) is 1. The molecule has 1 heterocycles. The predicted molar refractivity (Wildman–Crippen MR) is 98.9 cm³/mol. The van der Waals surface area contributed by atoms with E-state index in [9.17, 15) is 14.0 Å². The molecule has 1 aliphatic rings. The van der Waals surface area contributed by atoms with E-state index < -0.39 is 17.8 Å². The molecule has 0 bridgehead atoms. The highest BCUT2D eigenvalue weighted by Gasteiger charge is 2.29. The molecule has 9 heteroatoms. The lowest BCUT2D eigenvalue weighted by molar-refractivity contribution is -0.109. The van der Waals surface area contributed by atoms with Crippen LogP contribution in [0.2, 0.25) is 0 Å². The van der Waals surface area contributed by atoms with E-state index in [0.717, 1.165) is 35.9 Å². The van der Waals surface area contributed by atoms with Crippen LogP contribution < -0.4 is 21.9 Å². The van der Waals surface area contributed by atoms with Gasteiger partial charge in [0.05, 0.1) is 22.6 Å². The van der Waals surface area contributed by atoms with Crippen LogP contribution in [-0.4, -0.2) is 22.6 Å². The molecule has 138 valence electrons. The van der Waals surface area contributed by atoms with Gasteiger partial charge in [0, 0.05) is 0 Å². The summed E-state index contributed by atoms with van der Waals surface area (Å²) in [5.41, 5.74) is 6.51. The van der Waals surface area contributed by atoms with Crippen LogP contribution in [0.3, 0.4) is 0 Å². The second kappa shape index (κ2) is 7.38. The third kappa shape index (κ3) is 4.00. The van der Waals surface area contributed by atoms with E-state index in [1.807, 2.05) is 6.92 Å². The summed E-state index contributed by atoms with van der Waals surface area (Å²) < 4.78 is 18.7. The SMILES string of the molecule is Cc1cc(Nc2cc(N(N)[C@@H](C=O)CC3CC3)c(F)cc2C(N)=O)sn1. The van der Waals surface area contributed by atoms with Gasteiger partial charge in [-0.15, -0.1) is 0 Å². The van der Waals surface area contributed by atoms with Crippen LogP contribution in [0.25, 0.3) is 0 Å². The average molecular weight is 377 g/mol. The molecule has 0 aliphatic heterocycles. The number of amides is 1. The topological polar surface area (TPSA) is 114 Å². The summed E-state index contributed by atoms with van der Waals surface area (Å²) in [6.45, 7) is 1.83. The summed E-state index contributed by atoms with van der Waals surface area (Å²) in [4.78, 5) is 23.1. The van der Waals surface area contributed by atoms with Crippen molar-refractivity contribution in [2.45, 2.75) is 32.2 Å². The van der Waals surface area contributed by atoms with Gasteiger partial charge in [0.2, 0.25) is 0 Å². The van der Waals surface area contributed by atoms with E-state index in [2.05, 4.69) is 9.69 Å². The molecule has 1 aromatic carbocycles. The van der Waals surface area contributed by atoms with Crippen molar-refractivity contribution in [2.75, 3.05) is 10.3 Å². The Kier molecular flexibility index (Phi) is 5.19. The third-order valence-electron chi connectivity index (χ3n) is 4.30. The number of rotatable bonds is 8. The van der Waals surface area contributed by atoms with Crippen LogP contribution in [0.15, 0.2) is 18.2 Å². The highest BCUT2D eigenvalue weighted by atomic mass is 32.1. The maximum Gasteiger partial charge on any atom is 0.250 e. The first-order valence-corrected chi connectivity index (χ1v) is 8.99. The number of nitrogens with zero attached hydrogens (tertiary/aromatic N) is 2. The Bertz CT molecular complexity index is 837. The number of aromatic nitrogens is 1. The Morgan fingerprint density at radius 1 is 1.50 bits per heavy atom. The van der Waals surface area contributed by atoms with E-state index in [1.54, 1.807) is 6.07 Å². The number of hydrogen-bond acceptors (Lipinski definition) is 7. The minimum atomic E-state index is -0.771. The Hall–Kier alpha value is -2.52. The van der Waals surface area contributed by atoms with E-state index >= 15 is 0 Å². The quantitative estimate of drug-likeness (QED) is 0.370. The maximum atomic E-state index is 14.6. The Labute approximate surface area is 154 Å². The standard InChI is InChI=1S/C17H20FN5O2S/c1-9-4-16(26-22-9)21-14-7-15(13(18)6-12(14)17(19)25)23(20)11(8-24)5-10-2-3-10/h4,6-8,10-11,21H,2-3,5,20H2,1H3,(H2,19,25)/t11-/m1/s1. The molecule has 0 spiro atoms. The highest BCUT2D eigenvalue weighted by Crippen LogP contribution is 2.36. The lowest BCUT2D eigenvalue weighted by Gasteiger charge is -2.26. The van der Waals surface area contributed by atoms with Crippen molar-refractivity contribution in [1.82, 2.24) is 4.37 Å². The summed E-state index contributed by atoms with van der Waals surface area (Å²) in [6.07, 6.45) is 3.41. The van der Waals surface area contributed by atoms with Crippen molar-refractivity contribution >= 4 is 40.1 Å². The minimum Gasteiger partial charge on any atom is -0.366 e. The van der Waals surface area contributed by atoms with Gasteiger partial charge in [-0.2, -0.15) is 4.37 Å². The largest absolute Gasteiger partial charge is 0.366 e. The number of anilines is 3. The molecule has 26 heavy (non-hydrogen) atoms. The minimum absolute atomic E-state index is 0.00412. The first kappa shape index (κ1) is 18.3. The maximum absolute atomic E-state index is 14.6. The van der Waals surface area contributed by atoms with E-state index in [1.165, 1.54) is 17.6 Å². The molecule has 1 aliphatic carbocycles. The fourth-order valence-electron chi connectivity index (χ4n) is 2.73. The number of hydrazine groups is 1. The number of hydrogen-bond donors (Lipinski definition) is 3. The van der Waals surface area contributed by atoms with Gasteiger partial charge in [-0.25, -0.2) is 10.2 Å². The molecule has 0 saturated heterocycles. The number of aryl methyl sites for hydroxylation is 1. The van der Waals surface area contributed by atoms with Crippen LogP contribution >= 0.6 is 11.5 Å². The average Bonchev–Trinajstić information content (AvgIpc) is 3.33. The van der Waals surface area contributed by atoms with Gasteiger partial charge in [-0.3, -0.25) is 9.80 Å². The number of carbonyl (C=O) groups excluding carboxylic acids is 2. The summed E-state index contributed by atoms with van der Waals surface area (Å²) in [6, 6.07) is 3.59. The molecule has 2 aromatic rings. The van der Waals surface area contributed by atoms with Crippen molar-refractivity contribution < 1.29 is 14.0 Å². The molecule has 1 amide bonds. The fourth-order valence-corrected chi connectivity index (χ4v) is 3.40. The molecule has 7 nitrogen and oxygen atoms in total. The highest BCUT2D eigenvalue weighted by molar-refractivity contribution is 7.10. The fraction of sp³-hybridized carbons (Fsp3) is 0.353. The van der Waals surface area contributed by atoms with E-state index in [4.69, 9.17) is 11.6 Å². The summed E-state index contributed by atoms with van der Waals surface area (Å²) >= 11 is 1.20. The van der Waals surface area contributed by atoms with Crippen LogP contribution in [0.4, 0.5) is 20.8 Å². The third-order valence-corrected chi connectivity index (χ3v) is 5.10. The molecular weight excluding hydrogens is 357 g/mol. The van der Waals surface area contributed by atoms with Gasteiger partial charge in [0.1, 0.15) is 23.1 Å². The summed E-state index contributed by atoms with van der Waals surface area (Å²) in [7, 11) is 0. The van der Waals surface area contributed by atoms with Gasteiger partial charge >= 0.3 is 0 Å². The molecule has 5 N–H and O–H groups in total. The van der Waals surface area contributed by atoms with Gasteiger partial charge in [0.25, 0.3) is 5.91 Å². The van der Waals surface area contributed by atoms with Crippen molar-refractivity contribution in [1.29, 1.82) is 0 Å². The predicted octanol–water partition coefficient (Wildman–Crippen LogP) is 2.48. The zero-order valence-electron chi connectivity index (χ0n) is 14.2. The summed E-state index contributed by atoms with van der Waals surface area (Å²) in [5.74, 6) is 4.99. The first-order chi connectivity index (χ1) is 12.4. The van der Waals surface area contributed by atoms with Crippen LogP contribution in [-0.2, 0) is 4.79 Å². The Morgan fingerprint density at radius 3 is 2.77 bits per heavy atom. The lowest BCUT2D eigenvalue weighted by Crippen LogP contribution is -2.43. The van der Waals surface area contributed by atoms with Crippen LogP contribution in [0, 0.1) is 18.7 Å². The molecular formula is C17H20FN5O2S.